The summed E-state index contributed by atoms with van der Waals surface area (Å²) in [6.45, 7) is 0. The monoisotopic (exact) mass is 222 g/mol. The molecule has 1 rings (SSSR count). The van der Waals surface area contributed by atoms with Crippen LogP contribution in [0.15, 0.2) is 24.4 Å². The summed E-state index contributed by atoms with van der Waals surface area (Å²) in [5, 5.41) is 0. The molecule has 7 heteroatoms. The maximum Gasteiger partial charge on any atom is 0.498 e. The van der Waals surface area contributed by atoms with Crippen LogP contribution in [0.5, 0.6) is 5.88 Å². The first-order chi connectivity index (χ1) is 6.95. The van der Waals surface area contributed by atoms with Crippen molar-refractivity contribution in [2.24, 2.45) is 0 Å². The summed E-state index contributed by atoms with van der Waals surface area (Å²) in [5.74, 6) is -2.33. The van der Waals surface area contributed by atoms with Crippen LogP contribution in [0.2, 0.25) is 0 Å². The van der Waals surface area contributed by atoms with Gasteiger partial charge in [-0.25, -0.2) is 4.79 Å². The highest BCUT2D eigenvalue weighted by molar-refractivity contribution is 5.75. The number of rotatable bonds is 2. The number of carbonyl (C=O) groups excluding carboxylic acids is 1. The molecule has 0 spiro atoms. The van der Waals surface area contributed by atoms with E-state index in [0.29, 0.717) is 4.73 Å². The quantitative estimate of drug-likeness (QED) is 0.684. The molecule has 0 aliphatic carbocycles. The SMILES string of the molecule is COc1cccc[n+]1OC(=O)C(F)(F)F. The highest BCUT2D eigenvalue weighted by Gasteiger charge is 2.45. The van der Waals surface area contributed by atoms with E-state index in [-0.39, 0.29) is 5.88 Å². The molecule has 0 aromatic carbocycles. The van der Waals surface area contributed by atoms with Gasteiger partial charge < -0.3 is 4.74 Å². The largest absolute Gasteiger partial charge is 0.498 e. The molecule has 0 atom stereocenters. The van der Waals surface area contributed by atoms with Gasteiger partial charge in [-0.15, -0.1) is 0 Å². The number of carbonyl (C=O) groups is 1. The number of nitrogens with zero attached hydrogens (tertiary/aromatic N) is 1. The summed E-state index contributed by atoms with van der Waals surface area (Å²) >= 11 is 0. The third-order valence-corrected chi connectivity index (χ3v) is 1.41. The molecule has 1 aromatic rings. The van der Waals surface area contributed by atoms with Gasteiger partial charge in [-0.2, -0.15) is 18.0 Å². The Labute approximate surface area is 82.8 Å². The zero-order valence-corrected chi connectivity index (χ0v) is 7.62. The lowest BCUT2D eigenvalue weighted by atomic mass is 10.5. The number of ether oxygens (including phenoxy) is 1. The van der Waals surface area contributed by atoms with Crippen molar-refractivity contribution in [2.45, 2.75) is 6.18 Å². The third-order valence-electron chi connectivity index (χ3n) is 1.41. The molecule has 0 N–H and O–H groups in total. The van der Waals surface area contributed by atoms with Crippen LogP contribution in [0.1, 0.15) is 0 Å². The van der Waals surface area contributed by atoms with Gasteiger partial charge in [0.1, 0.15) is 0 Å². The average Bonchev–Trinajstić information content (AvgIpc) is 2.17. The van der Waals surface area contributed by atoms with Crippen molar-refractivity contribution in [1.29, 1.82) is 0 Å². The normalized spacial score (nSPS) is 10.9. The Hall–Kier alpha value is -1.79. The second-order valence-electron chi connectivity index (χ2n) is 2.45. The van der Waals surface area contributed by atoms with Crippen LogP contribution in [-0.2, 0) is 4.79 Å². The lowest BCUT2D eigenvalue weighted by molar-refractivity contribution is -0.872. The molecule has 15 heavy (non-hydrogen) atoms. The van der Waals surface area contributed by atoms with Crippen LogP contribution < -0.4 is 14.3 Å². The summed E-state index contributed by atoms with van der Waals surface area (Å²) in [7, 11) is 1.24. The van der Waals surface area contributed by atoms with Gasteiger partial charge in [-0.3, -0.25) is 0 Å². The number of hydrogen-bond donors (Lipinski definition) is 0. The van der Waals surface area contributed by atoms with Crippen molar-refractivity contribution in [3.05, 3.63) is 24.4 Å². The Morgan fingerprint density at radius 3 is 2.60 bits per heavy atom. The molecule has 0 amide bonds. The molecule has 0 aliphatic heterocycles. The van der Waals surface area contributed by atoms with Crippen molar-refractivity contribution < 1.29 is 32.3 Å². The maximum absolute atomic E-state index is 11.8. The van der Waals surface area contributed by atoms with Gasteiger partial charge in [0.2, 0.25) is 6.20 Å². The van der Waals surface area contributed by atoms with Gasteiger partial charge in [0, 0.05) is 6.07 Å². The van der Waals surface area contributed by atoms with Crippen molar-refractivity contribution in [1.82, 2.24) is 0 Å². The second kappa shape index (κ2) is 4.16. The average molecular weight is 222 g/mol. The van der Waals surface area contributed by atoms with E-state index in [1.54, 1.807) is 0 Å². The van der Waals surface area contributed by atoms with Crippen LogP contribution in [0.3, 0.4) is 0 Å². The first-order valence-corrected chi connectivity index (χ1v) is 3.79. The van der Waals surface area contributed by atoms with E-state index in [1.165, 1.54) is 25.3 Å². The zero-order chi connectivity index (χ0) is 11.5. The Morgan fingerprint density at radius 1 is 1.40 bits per heavy atom. The van der Waals surface area contributed by atoms with E-state index < -0.39 is 12.1 Å². The summed E-state index contributed by atoms with van der Waals surface area (Å²) in [5.41, 5.74) is 0. The molecule has 0 aliphatic rings. The van der Waals surface area contributed by atoms with Crippen LogP contribution in [0, 0.1) is 0 Å². The summed E-state index contributed by atoms with van der Waals surface area (Å²) < 4.78 is 40.8. The lowest BCUT2D eigenvalue weighted by Gasteiger charge is -2.02. The van der Waals surface area contributed by atoms with Crippen LogP contribution in [0.4, 0.5) is 13.2 Å². The molecule has 0 saturated heterocycles. The standard InChI is InChI=1S/C8H7F3NO3/c1-14-6-4-2-3-5-12(6)15-7(13)8(9,10)11/h2-5H,1H3/q+1. The Kier molecular flexibility index (Phi) is 3.13. The van der Waals surface area contributed by atoms with E-state index in [2.05, 4.69) is 9.57 Å². The van der Waals surface area contributed by atoms with Gasteiger partial charge in [-0.05, 0) is 6.07 Å². The minimum Gasteiger partial charge on any atom is -0.445 e. The molecular formula is C8H7F3NO3+. The van der Waals surface area contributed by atoms with Crippen LogP contribution in [-0.4, -0.2) is 19.3 Å². The fraction of sp³-hybridized carbons (Fsp3) is 0.250. The molecule has 0 radical (unpaired) electrons. The Morgan fingerprint density at radius 2 is 2.07 bits per heavy atom. The maximum atomic E-state index is 11.8. The number of pyridine rings is 1. The van der Waals surface area contributed by atoms with E-state index in [9.17, 15) is 18.0 Å². The van der Waals surface area contributed by atoms with E-state index in [0.717, 1.165) is 6.20 Å². The van der Waals surface area contributed by atoms with E-state index >= 15 is 0 Å². The van der Waals surface area contributed by atoms with Crippen molar-refractivity contribution in [2.75, 3.05) is 7.11 Å². The highest BCUT2D eigenvalue weighted by Crippen LogP contribution is 2.14. The van der Waals surface area contributed by atoms with E-state index in [1.807, 2.05) is 0 Å². The fourth-order valence-corrected chi connectivity index (χ4v) is 0.787. The fourth-order valence-electron chi connectivity index (χ4n) is 0.787. The molecular weight excluding hydrogens is 215 g/mol. The molecule has 0 saturated carbocycles. The van der Waals surface area contributed by atoms with Gasteiger partial charge in [-0.1, -0.05) is 0 Å². The molecule has 4 nitrogen and oxygen atoms in total. The van der Waals surface area contributed by atoms with Gasteiger partial charge >= 0.3 is 18.0 Å². The minimum absolute atomic E-state index is 0.0184. The Bertz CT molecular complexity index is 364. The first-order valence-electron chi connectivity index (χ1n) is 3.79. The molecule has 0 bridgehead atoms. The van der Waals surface area contributed by atoms with Gasteiger partial charge in [0.05, 0.1) is 17.9 Å². The second-order valence-corrected chi connectivity index (χ2v) is 2.45. The third kappa shape index (κ3) is 2.83. The summed E-state index contributed by atoms with van der Waals surface area (Å²) in [4.78, 5) is 14.5. The van der Waals surface area contributed by atoms with Gasteiger partial charge in [0.15, 0.2) is 0 Å². The number of alkyl halides is 3. The summed E-state index contributed by atoms with van der Waals surface area (Å²) in [6.07, 6.45) is -3.91. The predicted octanol–water partition coefficient (Wildman–Crippen LogP) is 0.500. The molecule has 0 fully saturated rings. The first kappa shape index (κ1) is 11.3. The van der Waals surface area contributed by atoms with Crippen molar-refractivity contribution in [3.8, 4) is 5.88 Å². The highest BCUT2D eigenvalue weighted by atomic mass is 19.4. The van der Waals surface area contributed by atoms with Gasteiger partial charge in [0.25, 0.3) is 0 Å². The predicted molar refractivity (Wildman–Crippen MR) is 40.8 cm³/mol. The lowest BCUT2D eigenvalue weighted by Crippen LogP contribution is -2.50. The van der Waals surface area contributed by atoms with Crippen molar-refractivity contribution in [3.63, 3.8) is 0 Å². The molecule has 82 valence electrons. The molecule has 0 unspecified atom stereocenters. The number of methoxy groups -OCH3 is 1. The van der Waals surface area contributed by atoms with Crippen molar-refractivity contribution >= 4 is 5.97 Å². The zero-order valence-electron chi connectivity index (χ0n) is 7.62. The summed E-state index contributed by atoms with van der Waals surface area (Å²) in [6, 6.07) is 4.27. The Balaban J connectivity index is 2.85. The van der Waals surface area contributed by atoms with E-state index in [4.69, 9.17) is 0 Å². The number of aromatic nitrogens is 1. The number of hydrogen-bond acceptors (Lipinski definition) is 3. The smallest absolute Gasteiger partial charge is 0.445 e. The van der Waals surface area contributed by atoms with Crippen LogP contribution in [0.25, 0.3) is 0 Å². The molecule has 1 aromatic heterocycles. The van der Waals surface area contributed by atoms with Crippen LogP contribution >= 0.6 is 0 Å². The number of halogens is 3. The topological polar surface area (TPSA) is 39.4 Å². The molecule has 1 heterocycles. The minimum atomic E-state index is -5.03.